The maximum absolute atomic E-state index is 10.8. The molecule has 0 aliphatic rings. The highest BCUT2D eigenvalue weighted by molar-refractivity contribution is 7.80. The Morgan fingerprint density at radius 3 is 2.50 bits per heavy atom. The van der Waals surface area contributed by atoms with Gasteiger partial charge in [0.15, 0.2) is 5.11 Å². The molecule has 16 heavy (non-hydrogen) atoms. The number of nitrogens with two attached hydrogens (primary N) is 1. The van der Waals surface area contributed by atoms with Gasteiger partial charge in [-0.05, 0) is 36.5 Å². The third kappa shape index (κ3) is 3.71. The van der Waals surface area contributed by atoms with Gasteiger partial charge in [0.2, 0.25) is 0 Å². The first-order chi connectivity index (χ1) is 7.65. The average Bonchev–Trinajstić information content (AvgIpc) is 2.29. The van der Waals surface area contributed by atoms with E-state index in [-0.39, 0.29) is 5.11 Å². The maximum Gasteiger partial charge on any atom is 0.335 e. The van der Waals surface area contributed by atoms with Crippen LogP contribution in [0.5, 0.6) is 5.75 Å². The van der Waals surface area contributed by atoms with Crippen molar-refractivity contribution in [3.63, 3.8) is 0 Å². The lowest BCUT2D eigenvalue weighted by atomic mass is 10.3. The van der Waals surface area contributed by atoms with Crippen LogP contribution in [0.4, 0.5) is 10.5 Å². The monoisotopic (exact) mass is 240 g/mol. The molecule has 5 N–H and O–H groups in total. The molecule has 0 spiro atoms. The minimum Gasteiger partial charge on any atom is -0.497 e. The van der Waals surface area contributed by atoms with Gasteiger partial charge in [0.1, 0.15) is 5.75 Å². The molecule has 0 saturated heterocycles. The number of methoxy groups -OCH3 is 1. The summed E-state index contributed by atoms with van der Waals surface area (Å²) in [6.07, 6.45) is 0. The second-order valence-electron chi connectivity index (χ2n) is 2.78. The molecular formula is C9H12N4O2S. The van der Waals surface area contributed by atoms with E-state index in [1.54, 1.807) is 31.4 Å². The standard InChI is InChI=1S/C9H12N4O2S/c1-15-7-4-2-6(3-5-7)11-9(16)12-8(14)13-10/h2-5H,10H2,1H3,(H3,11,12,13,14,16). The summed E-state index contributed by atoms with van der Waals surface area (Å²) in [4.78, 5) is 10.8. The number of thiocarbonyl (C=S) groups is 1. The minimum atomic E-state index is -0.578. The van der Waals surface area contributed by atoms with E-state index >= 15 is 0 Å². The summed E-state index contributed by atoms with van der Waals surface area (Å²) in [7, 11) is 1.58. The molecule has 1 rings (SSSR count). The normalized spacial score (nSPS) is 9.12. The van der Waals surface area contributed by atoms with Gasteiger partial charge in [-0.15, -0.1) is 0 Å². The predicted molar refractivity (Wildman–Crippen MR) is 65.1 cm³/mol. The van der Waals surface area contributed by atoms with E-state index in [0.717, 1.165) is 11.4 Å². The number of ether oxygens (including phenoxy) is 1. The van der Waals surface area contributed by atoms with E-state index in [4.69, 9.17) is 22.8 Å². The quantitative estimate of drug-likeness (QED) is 0.263. The summed E-state index contributed by atoms with van der Waals surface area (Å²) in [6, 6.07) is 6.51. The van der Waals surface area contributed by atoms with Crippen LogP contribution in [-0.4, -0.2) is 18.3 Å². The van der Waals surface area contributed by atoms with Crippen LogP contribution in [0.25, 0.3) is 0 Å². The molecule has 0 unspecified atom stereocenters. The number of nitrogens with one attached hydrogen (secondary N) is 3. The highest BCUT2D eigenvalue weighted by atomic mass is 32.1. The molecule has 0 atom stereocenters. The van der Waals surface area contributed by atoms with E-state index in [1.807, 2.05) is 5.43 Å². The van der Waals surface area contributed by atoms with Gasteiger partial charge < -0.3 is 10.1 Å². The fraction of sp³-hybridized carbons (Fsp3) is 0.111. The van der Waals surface area contributed by atoms with Gasteiger partial charge in [-0.2, -0.15) is 0 Å². The largest absolute Gasteiger partial charge is 0.497 e. The van der Waals surface area contributed by atoms with E-state index in [2.05, 4.69) is 10.6 Å². The zero-order chi connectivity index (χ0) is 12.0. The number of benzene rings is 1. The number of carbonyl (C=O) groups excluding carboxylic acids is 1. The Morgan fingerprint density at radius 2 is 2.00 bits per heavy atom. The SMILES string of the molecule is COc1ccc(NC(=S)NC(=O)NN)cc1. The van der Waals surface area contributed by atoms with Crippen molar-refractivity contribution in [1.82, 2.24) is 10.7 Å². The Kier molecular flexibility index (Phi) is 4.49. The third-order valence-electron chi connectivity index (χ3n) is 1.71. The Bertz CT molecular complexity index is 380. The molecule has 0 aliphatic carbocycles. The number of hydrogen-bond donors (Lipinski definition) is 4. The van der Waals surface area contributed by atoms with Crippen molar-refractivity contribution in [2.75, 3.05) is 12.4 Å². The molecule has 0 bridgehead atoms. The number of amides is 2. The summed E-state index contributed by atoms with van der Waals surface area (Å²) in [6.45, 7) is 0. The number of hydrogen-bond acceptors (Lipinski definition) is 4. The second-order valence-corrected chi connectivity index (χ2v) is 3.19. The van der Waals surface area contributed by atoms with Gasteiger partial charge in [-0.3, -0.25) is 10.7 Å². The van der Waals surface area contributed by atoms with Crippen molar-refractivity contribution in [3.8, 4) is 5.75 Å². The average molecular weight is 240 g/mol. The lowest BCUT2D eigenvalue weighted by molar-refractivity contribution is 0.245. The van der Waals surface area contributed by atoms with Gasteiger partial charge in [0, 0.05) is 5.69 Å². The highest BCUT2D eigenvalue weighted by Crippen LogP contribution is 2.14. The first-order valence-corrected chi connectivity index (χ1v) is 4.79. The van der Waals surface area contributed by atoms with Crippen molar-refractivity contribution in [3.05, 3.63) is 24.3 Å². The molecule has 0 fully saturated rings. The summed E-state index contributed by atoms with van der Waals surface area (Å²) < 4.78 is 5.00. The summed E-state index contributed by atoms with van der Waals surface area (Å²) in [5, 5.41) is 5.29. The van der Waals surface area contributed by atoms with Crippen LogP contribution in [0.15, 0.2) is 24.3 Å². The Balaban J connectivity index is 2.52. The van der Waals surface area contributed by atoms with Crippen LogP contribution < -0.4 is 26.6 Å². The van der Waals surface area contributed by atoms with Crippen LogP contribution in [0.1, 0.15) is 0 Å². The van der Waals surface area contributed by atoms with Crippen LogP contribution in [0.3, 0.4) is 0 Å². The van der Waals surface area contributed by atoms with Gasteiger partial charge in [-0.1, -0.05) is 0 Å². The topological polar surface area (TPSA) is 88.4 Å². The molecule has 0 aliphatic heterocycles. The summed E-state index contributed by atoms with van der Waals surface area (Å²) in [5.74, 6) is 5.63. The summed E-state index contributed by atoms with van der Waals surface area (Å²) in [5.41, 5.74) is 2.64. The third-order valence-corrected chi connectivity index (χ3v) is 1.91. The molecule has 1 aromatic rings. The molecule has 0 radical (unpaired) electrons. The molecular weight excluding hydrogens is 228 g/mol. The first-order valence-electron chi connectivity index (χ1n) is 4.38. The Hall–Kier alpha value is -1.86. The van der Waals surface area contributed by atoms with E-state index < -0.39 is 6.03 Å². The van der Waals surface area contributed by atoms with Crippen molar-refractivity contribution in [2.24, 2.45) is 5.84 Å². The molecule has 86 valence electrons. The molecule has 0 heterocycles. The van der Waals surface area contributed by atoms with E-state index in [9.17, 15) is 4.79 Å². The van der Waals surface area contributed by atoms with E-state index in [0.29, 0.717) is 0 Å². The van der Waals surface area contributed by atoms with Crippen molar-refractivity contribution < 1.29 is 9.53 Å². The Labute approximate surface area is 98.1 Å². The lowest BCUT2D eigenvalue weighted by Crippen LogP contribution is -2.44. The highest BCUT2D eigenvalue weighted by Gasteiger charge is 2.01. The van der Waals surface area contributed by atoms with Crippen molar-refractivity contribution in [2.45, 2.75) is 0 Å². The minimum absolute atomic E-state index is 0.160. The number of urea groups is 1. The van der Waals surface area contributed by atoms with E-state index in [1.165, 1.54) is 0 Å². The van der Waals surface area contributed by atoms with Gasteiger partial charge >= 0.3 is 6.03 Å². The zero-order valence-electron chi connectivity index (χ0n) is 8.61. The number of anilines is 1. The molecule has 7 heteroatoms. The number of hydrazine groups is 1. The van der Waals surface area contributed by atoms with Gasteiger partial charge in [-0.25, -0.2) is 10.6 Å². The maximum atomic E-state index is 10.8. The lowest BCUT2D eigenvalue weighted by Gasteiger charge is -2.09. The predicted octanol–water partition coefficient (Wildman–Crippen LogP) is 0.565. The summed E-state index contributed by atoms with van der Waals surface area (Å²) >= 11 is 4.87. The molecule has 6 nitrogen and oxygen atoms in total. The molecule has 2 amide bonds. The molecule has 1 aromatic carbocycles. The molecule has 0 aromatic heterocycles. The second kappa shape index (κ2) is 5.89. The zero-order valence-corrected chi connectivity index (χ0v) is 9.43. The van der Waals surface area contributed by atoms with Crippen LogP contribution in [-0.2, 0) is 0 Å². The first kappa shape index (κ1) is 12.2. The molecule has 0 saturated carbocycles. The number of carbonyl (C=O) groups is 1. The smallest absolute Gasteiger partial charge is 0.335 e. The fourth-order valence-corrected chi connectivity index (χ4v) is 1.19. The van der Waals surface area contributed by atoms with Crippen molar-refractivity contribution in [1.29, 1.82) is 0 Å². The van der Waals surface area contributed by atoms with Crippen LogP contribution in [0.2, 0.25) is 0 Å². The van der Waals surface area contributed by atoms with Crippen molar-refractivity contribution >= 4 is 29.0 Å². The van der Waals surface area contributed by atoms with Crippen LogP contribution >= 0.6 is 12.2 Å². The van der Waals surface area contributed by atoms with Gasteiger partial charge in [0.05, 0.1) is 7.11 Å². The van der Waals surface area contributed by atoms with Gasteiger partial charge in [0.25, 0.3) is 0 Å². The number of rotatable bonds is 2. The Morgan fingerprint density at radius 1 is 1.38 bits per heavy atom. The fourth-order valence-electron chi connectivity index (χ4n) is 0.976. The van der Waals surface area contributed by atoms with Crippen LogP contribution in [0, 0.1) is 0 Å².